The lowest BCUT2D eigenvalue weighted by atomic mass is 9.96. The van der Waals surface area contributed by atoms with Crippen molar-refractivity contribution in [3.63, 3.8) is 0 Å². The van der Waals surface area contributed by atoms with Gasteiger partial charge in [0, 0.05) is 5.56 Å². The van der Waals surface area contributed by atoms with Crippen LogP contribution in [0.3, 0.4) is 0 Å². The van der Waals surface area contributed by atoms with Crippen molar-refractivity contribution in [2.45, 2.75) is 26.3 Å². The molecule has 138 valence electrons. The first-order chi connectivity index (χ1) is 12.6. The van der Waals surface area contributed by atoms with Gasteiger partial charge in [-0.25, -0.2) is 0 Å². The van der Waals surface area contributed by atoms with E-state index in [4.69, 9.17) is 14.2 Å². The van der Waals surface area contributed by atoms with Crippen LogP contribution in [0.1, 0.15) is 42.2 Å². The molecule has 1 aliphatic heterocycles. The van der Waals surface area contributed by atoms with Crippen molar-refractivity contribution in [3.05, 3.63) is 53.6 Å². The molecule has 0 saturated carbocycles. The van der Waals surface area contributed by atoms with Gasteiger partial charge < -0.3 is 19.5 Å². The van der Waals surface area contributed by atoms with E-state index in [1.165, 1.54) is 0 Å². The van der Waals surface area contributed by atoms with Gasteiger partial charge in [0.05, 0.1) is 13.2 Å². The molecule has 26 heavy (non-hydrogen) atoms. The van der Waals surface area contributed by atoms with Crippen molar-refractivity contribution in [1.82, 2.24) is 5.32 Å². The molecule has 1 amide bonds. The number of rotatable bonds is 6. The minimum Gasteiger partial charge on any atom is -0.497 e. The van der Waals surface area contributed by atoms with Crippen molar-refractivity contribution < 1.29 is 19.0 Å². The summed E-state index contributed by atoms with van der Waals surface area (Å²) in [6.45, 7) is 5.33. The fraction of sp³-hybridized carbons (Fsp3) is 0.381. The van der Waals surface area contributed by atoms with Crippen LogP contribution in [0.5, 0.6) is 17.2 Å². The average molecular weight is 355 g/mol. The zero-order valence-electron chi connectivity index (χ0n) is 15.5. The smallest absolute Gasteiger partial charge is 0.251 e. The fourth-order valence-electron chi connectivity index (χ4n) is 3.01. The van der Waals surface area contributed by atoms with Crippen LogP contribution in [0.4, 0.5) is 0 Å². The van der Waals surface area contributed by atoms with Crippen molar-refractivity contribution >= 4 is 5.91 Å². The first kappa shape index (κ1) is 18.1. The Balaban J connectivity index is 1.78. The van der Waals surface area contributed by atoms with Gasteiger partial charge in [0.2, 0.25) is 0 Å². The Kier molecular flexibility index (Phi) is 5.66. The van der Waals surface area contributed by atoms with Crippen molar-refractivity contribution in [1.29, 1.82) is 0 Å². The van der Waals surface area contributed by atoms with E-state index in [2.05, 4.69) is 19.2 Å². The van der Waals surface area contributed by atoms with Crippen LogP contribution in [-0.4, -0.2) is 26.2 Å². The lowest BCUT2D eigenvalue weighted by Gasteiger charge is -2.22. The summed E-state index contributed by atoms with van der Waals surface area (Å²) in [5, 5.41) is 3.15. The quantitative estimate of drug-likeness (QED) is 0.851. The second kappa shape index (κ2) is 8.13. The number of carbonyl (C=O) groups is 1. The summed E-state index contributed by atoms with van der Waals surface area (Å²) >= 11 is 0. The van der Waals surface area contributed by atoms with Gasteiger partial charge in [-0.1, -0.05) is 26.0 Å². The minimum atomic E-state index is -0.122. The molecule has 0 saturated heterocycles. The molecule has 2 aromatic rings. The summed E-state index contributed by atoms with van der Waals surface area (Å²) in [6, 6.07) is 13.0. The van der Waals surface area contributed by atoms with Crippen LogP contribution in [-0.2, 0) is 0 Å². The van der Waals surface area contributed by atoms with E-state index in [1.807, 2.05) is 24.3 Å². The van der Waals surface area contributed by atoms with Gasteiger partial charge in [0.1, 0.15) is 19.0 Å². The third kappa shape index (κ3) is 4.28. The summed E-state index contributed by atoms with van der Waals surface area (Å²) in [5.74, 6) is 2.43. The third-order valence-electron chi connectivity index (χ3n) is 4.33. The van der Waals surface area contributed by atoms with Gasteiger partial charge in [0.25, 0.3) is 5.91 Å². The predicted molar refractivity (Wildman–Crippen MR) is 100 cm³/mol. The second-order valence-electron chi connectivity index (χ2n) is 6.79. The Hall–Kier alpha value is -2.69. The van der Waals surface area contributed by atoms with Gasteiger partial charge in [0.15, 0.2) is 11.5 Å². The molecule has 0 fully saturated rings. The molecule has 1 N–H and O–H groups in total. The fourth-order valence-corrected chi connectivity index (χ4v) is 3.01. The molecule has 0 aromatic heterocycles. The standard InChI is InChI=1S/C21H25NO4/c1-14(2)12-18(15-4-7-17(24-3)8-5-15)22-21(23)16-6-9-19-20(13-16)26-11-10-25-19/h4-9,13-14,18H,10-12H2,1-3H3,(H,22,23)/t18-/m1/s1. The molecule has 0 aliphatic carbocycles. The third-order valence-corrected chi connectivity index (χ3v) is 4.33. The first-order valence-electron chi connectivity index (χ1n) is 8.91. The molecule has 2 aromatic carbocycles. The van der Waals surface area contributed by atoms with E-state index in [1.54, 1.807) is 25.3 Å². The molecule has 3 rings (SSSR count). The molecule has 0 unspecified atom stereocenters. The Morgan fingerprint density at radius 2 is 1.77 bits per heavy atom. The number of carbonyl (C=O) groups excluding carboxylic acids is 1. The number of hydrogen-bond acceptors (Lipinski definition) is 4. The zero-order valence-corrected chi connectivity index (χ0v) is 15.5. The number of hydrogen-bond donors (Lipinski definition) is 1. The minimum absolute atomic E-state index is 0.0680. The molecule has 1 heterocycles. The van der Waals surface area contributed by atoms with Gasteiger partial charge in [-0.2, -0.15) is 0 Å². The van der Waals surface area contributed by atoms with E-state index in [0.717, 1.165) is 17.7 Å². The topological polar surface area (TPSA) is 56.8 Å². The Labute approximate surface area is 154 Å². The maximum Gasteiger partial charge on any atom is 0.251 e. The molecule has 0 radical (unpaired) electrons. The van der Waals surface area contributed by atoms with E-state index in [0.29, 0.717) is 36.2 Å². The number of benzene rings is 2. The first-order valence-corrected chi connectivity index (χ1v) is 8.91. The zero-order chi connectivity index (χ0) is 18.5. The highest BCUT2D eigenvalue weighted by Gasteiger charge is 2.19. The Bertz CT molecular complexity index is 755. The van der Waals surface area contributed by atoms with Crippen LogP contribution >= 0.6 is 0 Å². The average Bonchev–Trinajstić information content (AvgIpc) is 2.66. The van der Waals surface area contributed by atoms with Gasteiger partial charge in [-0.3, -0.25) is 4.79 Å². The Morgan fingerprint density at radius 1 is 1.08 bits per heavy atom. The predicted octanol–water partition coefficient (Wildman–Crippen LogP) is 3.98. The number of amides is 1. The molecular weight excluding hydrogens is 330 g/mol. The van der Waals surface area contributed by atoms with Crippen LogP contribution < -0.4 is 19.5 Å². The van der Waals surface area contributed by atoms with Crippen molar-refractivity contribution in [2.75, 3.05) is 20.3 Å². The lowest BCUT2D eigenvalue weighted by molar-refractivity contribution is 0.0930. The normalized spacial score (nSPS) is 14.0. The Morgan fingerprint density at radius 3 is 2.42 bits per heavy atom. The second-order valence-corrected chi connectivity index (χ2v) is 6.79. The van der Waals surface area contributed by atoms with Crippen LogP contribution in [0.2, 0.25) is 0 Å². The number of nitrogens with one attached hydrogen (secondary N) is 1. The number of ether oxygens (including phenoxy) is 3. The molecule has 0 bridgehead atoms. The summed E-state index contributed by atoms with van der Waals surface area (Å²) in [7, 11) is 1.64. The molecular formula is C21H25NO4. The van der Waals surface area contributed by atoms with E-state index < -0.39 is 0 Å². The van der Waals surface area contributed by atoms with E-state index in [-0.39, 0.29) is 11.9 Å². The molecule has 1 aliphatic rings. The van der Waals surface area contributed by atoms with Gasteiger partial charge in [-0.15, -0.1) is 0 Å². The summed E-state index contributed by atoms with van der Waals surface area (Å²) in [4.78, 5) is 12.8. The van der Waals surface area contributed by atoms with Crippen molar-refractivity contribution in [3.8, 4) is 17.2 Å². The highest BCUT2D eigenvalue weighted by Crippen LogP contribution is 2.31. The molecule has 5 nitrogen and oxygen atoms in total. The monoisotopic (exact) mass is 355 g/mol. The highest BCUT2D eigenvalue weighted by atomic mass is 16.6. The summed E-state index contributed by atoms with van der Waals surface area (Å²) in [6.07, 6.45) is 0.850. The largest absolute Gasteiger partial charge is 0.497 e. The lowest BCUT2D eigenvalue weighted by Crippen LogP contribution is -2.29. The SMILES string of the molecule is COc1ccc([C@@H](CC(C)C)NC(=O)c2ccc3c(c2)OCCO3)cc1. The maximum absolute atomic E-state index is 12.8. The number of methoxy groups -OCH3 is 1. The van der Waals surface area contributed by atoms with E-state index >= 15 is 0 Å². The van der Waals surface area contributed by atoms with Crippen molar-refractivity contribution in [2.24, 2.45) is 5.92 Å². The van der Waals surface area contributed by atoms with Crippen LogP contribution in [0, 0.1) is 5.92 Å². The molecule has 5 heteroatoms. The molecule has 1 atom stereocenters. The maximum atomic E-state index is 12.8. The van der Waals surface area contributed by atoms with E-state index in [9.17, 15) is 4.79 Å². The van der Waals surface area contributed by atoms with Gasteiger partial charge >= 0.3 is 0 Å². The number of fused-ring (bicyclic) bond motifs is 1. The van der Waals surface area contributed by atoms with Crippen LogP contribution in [0.25, 0.3) is 0 Å². The highest BCUT2D eigenvalue weighted by molar-refractivity contribution is 5.95. The van der Waals surface area contributed by atoms with Crippen LogP contribution in [0.15, 0.2) is 42.5 Å². The summed E-state index contributed by atoms with van der Waals surface area (Å²) < 4.78 is 16.3. The summed E-state index contributed by atoms with van der Waals surface area (Å²) in [5.41, 5.74) is 1.63. The molecule has 0 spiro atoms. The van der Waals surface area contributed by atoms with Gasteiger partial charge in [-0.05, 0) is 48.2 Å².